The van der Waals surface area contributed by atoms with Crippen molar-refractivity contribution in [2.24, 2.45) is 0 Å². The van der Waals surface area contributed by atoms with Crippen molar-refractivity contribution in [2.45, 2.75) is 43.9 Å². The van der Waals surface area contributed by atoms with Crippen LogP contribution in [0.5, 0.6) is 0 Å². The maximum absolute atomic E-state index is 13.0. The molecule has 1 heterocycles. The molecule has 1 amide bonds. The van der Waals surface area contributed by atoms with Crippen molar-refractivity contribution < 1.29 is 32.6 Å². The Morgan fingerprint density at radius 2 is 1.97 bits per heavy atom. The Labute approximate surface area is 163 Å². The molecule has 1 aromatic heterocycles. The van der Waals surface area contributed by atoms with Crippen LogP contribution in [-0.2, 0) is 20.5 Å². The SMILES string of the molecule is O=C(COC(=O)C1(O)CCCCC1)Nc1cc(C(F)(F)F)ccc1-n1cncn1. The Bertz CT molecular complexity index is 878. The number of anilines is 1. The number of aliphatic hydroxyl groups is 1. The second-order valence-corrected chi connectivity index (χ2v) is 6.79. The van der Waals surface area contributed by atoms with Gasteiger partial charge in [0.2, 0.25) is 0 Å². The summed E-state index contributed by atoms with van der Waals surface area (Å²) in [7, 11) is 0. The van der Waals surface area contributed by atoms with Crippen molar-refractivity contribution in [3.8, 4) is 5.69 Å². The number of hydrogen-bond acceptors (Lipinski definition) is 6. The minimum absolute atomic E-state index is 0.154. The summed E-state index contributed by atoms with van der Waals surface area (Å²) in [6, 6.07) is 2.75. The average Bonchev–Trinajstić information content (AvgIpc) is 3.20. The number of carbonyl (C=O) groups excluding carboxylic acids is 2. The summed E-state index contributed by atoms with van der Waals surface area (Å²) in [6.07, 6.45) is 0.572. The van der Waals surface area contributed by atoms with E-state index in [1.54, 1.807) is 0 Å². The molecule has 1 fully saturated rings. The lowest BCUT2D eigenvalue weighted by Gasteiger charge is -2.29. The van der Waals surface area contributed by atoms with E-state index in [1.807, 2.05) is 0 Å². The molecule has 11 heteroatoms. The first-order valence-corrected chi connectivity index (χ1v) is 8.95. The lowest BCUT2D eigenvalue weighted by molar-refractivity contribution is -0.170. The van der Waals surface area contributed by atoms with E-state index >= 15 is 0 Å². The molecule has 3 rings (SSSR count). The third-order valence-electron chi connectivity index (χ3n) is 4.66. The van der Waals surface area contributed by atoms with Crippen LogP contribution in [0.1, 0.15) is 37.7 Å². The molecule has 0 radical (unpaired) electrons. The topological polar surface area (TPSA) is 106 Å². The van der Waals surface area contributed by atoms with Gasteiger partial charge in [-0.05, 0) is 43.9 Å². The largest absolute Gasteiger partial charge is 0.453 e. The maximum Gasteiger partial charge on any atom is 0.416 e. The fraction of sp³-hybridized carbons (Fsp3) is 0.444. The van der Waals surface area contributed by atoms with Gasteiger partial charge in [-0.1, -0.05) is 6.42 Å². The van der Waals surface area contributed by atoms with Gasteiger partial charge in [-0.25, -0.2) is 14.5 Å². The summed E-state index contributed by atoms with van der Waals surface area (Å²) in [5, 5.41) is 16.4. The first-order valence-electron chi connectivity index (χ1n) is 8.95. The predicted molar refractivity (Wildman–Crippen MR) is 94.0 cm³/mol. The van der Waals surface area contributed by atoms with E-state index in [2.05, 4.69) is 15.4 Å². The maximum atomic E-state index is 13.0. The first kappa shape index (κ1) is 20.8. The minimum atomic E-state index is -4.61. The number of alkyl halides is 3. The highest BCUT2D eigenvalue weighted by molar-refractivity contribution is 5.95. The number of carbonyl (C=O) groups is 2. The van der Waals surface area contributed by atoms with Gasteiger partial charge in [0.25, 0.3) is 5.91 Å². The number of rotatable bonds is 5. The molecule has 1 aliphatic carbocycles. The standard InChI is InChI=1S/C18H19F3N4O4/c19-18(20,21)12-4-5-14(25-11-22-10-23-25)13(8-12)24-15(26)9-29-16(27)17(28)6-2-1-3-7-17/h4-5,8,10-11,28H,1-3,6-7,9H2,(H,24,26). The lowest BCUT2D eigenvalue weighted by Crippen LogP contribution is -2.42. The summed E-state index contributed by atoms with van der Waals surface area (Å²) >= 11 is 0. The predicted octanol–water partition coefficient (Wildman–Crippen LogP) is 2.46. The molecular weight excluding hydrogens is 393 g/mol. The minimum Gasteiger partial charge on any atom is -0.453 e. The zero-order valence-corrected chi connectivity index (χ0v) is 15.3. The highest BCUT2D eigenvalue weighted by Crippen LogP contribution is 2.33. The Morgan fingerprint density at radius 1 is 1.24 bits per heavy atom. The number of ether oxygens (including phenoxy) is 1. The van der Waals surface area contributed by atoms with Crippen molar-refractivity contribution in [1.29, 1.82) is 0 Å². The Hall–Kier alpha value is -2.95. The van der Waals surface area contributed by atoms with E-state index in [9.17, 15) is 27.9 Å². The van der Waals surface area contributed by atoms with Crippen molar-refractivity contribution in [3.63, 3.8) is 0 Å². The van der Waals surface area contributed by atoms with Gasteiger partial charge < -0.3 is 15.2 Å². The number of benzene rings is 1. The van der Waals surface area contributed by atoms with Crippen LogP contribution in [0.4, 0.5) is 18.9 Å². The van der Waals surface area contributed by atoms with Crippen molar-refractivity contribution in [2.75, 3.05) is 11.9 Å². The fourth-order valence-corrected chi connectivity index (χ4v) is 3.14. The normalized spacial score (nSPS) is 16.3. The number of amides is 1. The molecule has 1 saturated carbocycles. The van der Waals surface area contributed by atoms with E-state index in [-0.39, 0.29) is 24.2 Å². The smallest absolute Gasteiger partial charge is 0.416 e. The van der Waals surface area contributed by atoms with Crippen LogP contribution in [0.2, 0.25) is 0 Å². The van der Waals surface area contributed by atoms with Gasteiger partial charge in [0.05, 0.1) is 16.9 Å². The molecule has 1 aliphatic rings. The highest BCUT2D eigenvalue weighted by atomic mass is 19.4. The van der Waals surface area contributed by atoms with E-state index in [1.165, 1.54) is 17.3 Å². The number of aromatic nitrogens is 3. The highest BCUT2D eigenvalue weighted by Gasteiger charge is 2.39. The van der Waals surface area contributed by atoms with Gasteiger partial charge in [-0.15, -0.1) is 0 Å². The number of nitrogens with zero attached hydrogens (tertiary/aromatic N) is 3. The van der Waals surface area contributed by atoms with Crippen molar-refractivity contribution >= 4 is 17.6 Å². The summed E-state index contributed by atoms with van der Waals surface area (Å²) < 4.78 is 45.2. The number of nitrogens with one attached hydrogen (secondary N) is 1. The zero-order valence-electron chi connectivity index (χ0n) is 15.3. The molecule has 0 bridgehead atoms. The molecule has 0 saturated heterocycles. The zero-order chi connectivity index (χ0) is 21.1. The fourth-order valence-electron chi connectivity index (χ4n) is 3.14. The Kier molecular flexibility index (Phi) is 5.87. The number of hydrogen-bond donors (Lipinski definition) is 2. The van der Waals surface area contributed by atoms with E-state index in [0.29, 0.717) is 12.8 Å². The molecule has 0 unspecified atom stereocenters. The van der Waals surface area contributed by atoms with Crippen LogP contribution in [-0.4, -0.2) is 44.0 Å². The molecular formula is C18H19F3N4O4. The summed E-state index contributed by atoms with van der Waals surface area (Å²) in [6.45, 7) is -0.742. The monoisotopic (exact) mass is 412 g/mol. The van der Waals surface area contributed by atoms with E-state index < -0.39 is 35.8 Å². The van der Waals surface area contributed by atoms with Crippen LogP contribution in [0.15, 0.2) is 30.9 Å². The molecule has 156 valence electrons. The van der Waals surface area contributed by atoms with Gasteiger partial charge in [0.1, 0.15) is 12.7 Å². The quantitative estimate of drug-likeness (QED) is 0.731. The molecule has 29 heavy (non-hydrogen) atoms. The average molecular weight is 412 g/mol. The molecule has 2 N–H and O–H groups in total. The molecule has 8 nitrogen and oxygen atoms in total. The molecule has 0 spiro atoms. The Morgan fingerprint density at radius 3 is 2.59 bits per heavy atom. The van der Waals surface area contributed by atoms with Crippen LogP contribution in [0.25, 0.3) is 5.69 Å². The molecule has 0 atom stereocenters. The van der Waals surface area contributed by atoms with Crippen molar-refractivity contribution in [1.82, 2.24) is 14.8 Å². The summed E-state index contributed by atoms with van der Waals surface area (Å²) in [4.78, 5) is 28.0. The first-order chi connectivity index (χ1) is 13.7. The van der Waals surface area contributed by atoms with E-state index in [4.69, 9.17) is 4.74 Å². The second-order valence-electron chi connectivity index (χ2n) is 6.79. The summed E-state index contributed by atoms with van der Waals surface area (Å²) in [5.41, 5.74) is -2.62. The molecule has 2 aromatic rings. The third kappa shape index (κ3) is 4.91. The van der Waals surface area contributed by atoms with Gasteiger partial charge in [-0.2, -0.15) is 18.3 Å². The molecule has 0 aliphatic heterocycles. The van der Waals surface area contributed by atoms with Crippen LogP contribution in [0.3, 0.4) is 0 Å². The van der Waals surface area contributed by atoms with Gasteiger partial charge >= 0.3 is 12.1 Å². The lowest BCUT2D eigenvalue weighted by atomic mass is 9.85. The van der Waals surface area contributed by atoms with Crippen LogP contribution in [0, 0.1) is 0 Å². The Balaban J connectivity index is 1.72. The van der Waals surface area contributed by atoms with Crippen LogP contribution < -0.4 is 5.32 Å². The van der Waals surface area contributed by atoms with Gasteiger partial charge in [0.15, 0.2) is 12.2 Å². The van der Waals surface area contributed by atoms with Crippen molar-refractivity contribution in [3.05, 3.63) is 36.4 Å². The number of esters is 1. The summed E-state index contributed by atoms with van der Waals surface area (Å²) in [5.74, 6) is -1.76. The van der Waals surface area contributed by atoms with Gasteiger partial charge in [0, 0.05) is 0 Å². The second kappa shape index (κ2) is 8.19. The van der Waals surface area contributed by atoms with Crippen LogP contribution >= 0.6 is 0 Å². The van der Waals surface area contributed by atoms with E-state index in [0.717, 1.165) is 24.6 Å². The number of halogens is 3. The third-order valence-corrected chi connectivity index (χ3v) is 4.66. The van der Waals surface area contributed by atoms with Gasteiger partial charge in [-0.3, -0.25) is 4.79 Å². The molecule has 1 aromatic carbocycles.